The zero-order valence-electron chi connectivity index (χ0n) is 10.9. The summed E-state index contributed by atoms with van der Waals surface area (Å²) in [5, 5.41) is 0. The van der Waals surface area contributed by atoms with Crippen LogP contribution in [0.15, 0.2) is 22.9 Å². The van der Waals surface area contributed by atoms with Crippen LogP contribution in [-0.2, 0) is 0 Å². The van der Waals surface area contributed by atoms with Gasteiger partial charge < -0.3 is 4.90 Å². The van der Waals surface area contributed by atoms with Crippen molar-refractivity contribution in [3.8, 4) is 0 Å². The lowest BCUT2D eigenvalue weighted by molar-refractivity contribution is 0.0756. The first-order valence-corrected chi connectivity index (χ1v) is 7.19. The molecule has 1 amide bonds. The molecule has 1 aromatic rings. The van der Waals surface area contributed by atoms with Crippen molar-refractivity contribution in [2.75, 3.05) is 13.1 Å². The van der Waals surface area contributed by atoms with Crippen molar-refractivity contribution < 1.29 is 4.79 Å². The first-order valence-electron chi connectivity index (χ1n) is 6.39. The van der Waals surface area contributed by atoms with Crippen LogP contribution in [0.2, 0.25) is 0 Å². The number of pyridine rings is 1. The topological polar surface area (TPSA) is 33.2 Å². The Morgan fingerprint density at radius 2 is 2.17 bits per heavy atom. The highest BCUT2D eigenvalue weighted by Gasteiger charge is 2.26. The van der Waals surface area contributed by atoms with Crippen molar-refractivity contribution in [3.63, 3.8) is 0 Å². The summed E-state index contributed by atoms with van der Waals surface area (Å²) in [4.78, 5) is 18.5. The zero-order valence-corrected chi connectivity index (χ0v) is 12.5. The molecule has 2 rings (SSSR count). The maximum atomic E-state index is 12.4. The average Bonchev–Trinajstić information content (AvgIpc) is 2.50. The Balaban J connectivity index is 2.13. The standard InChI is InChI=1S/C14H19BrN2O/c1-14(2)6-4-9-17(10-7-14)13(18)11-5-3-8-16-12(11)15/h3,5,8H,4,6-7,9-10H2,1-2H3. The predicted molar refractivity (Wildman–Crippen MR) is 75.5 cm³/mol. The van der Waals surface area contributed by atoms with Gasteiger partial charge in [0.2, 0.25) is 0 Å². The molecule has 0 radical (unpaired) electrons. The average molecular weight is 311 g/mol. The number of amides is 1. The third-order valence-corrected chi connectivity index (χ3v) is 4.25. The highest BCUT2D eigenvalue weighted by Crippen LogP contribution is 2.30. The Labute approximate surface area is 117 Å². The Morgan fingerprint density at radius 3 is 2.89 bits per heavy atom. The lowest BCUT2D eigenvalue weighted by Crippen LogP contribution is -2.32. The van der Waals surface area contributed by atoms with Gasteiger partial charge in [0.1, 0.15) is 4.60 Å². The minimum absolute atomic E-state index is 0.0904. The number of nitrogens with zero attached hydrogens (tertiary/aromatic N) is 2. The van der Waals surface area contributed by atoms with E-state index < -0.39 is 0 Å². The smallest absolute Gasteiger partial charge is 0.256 e. The van der Waals surface area contributed by atoms with Gasteiger partial charge in [-0.05, 0) is 52.7 Å². The van der Waals surface area contributed by atoms with Gasteiger partial charge in [-0.15, -0.1) is 0 Å². The Hall–Kier alpha value is -0.900. The van der Waals surface area contributed by atoms with Crippen LogP contribution in [0, 0.1) is 5.41 Å². The van der Waals surface area contributed by atoms with Gasteiger partial charge in [-0.3, -0.25) is 4.79 Å². The molecule has 1 saturated heterocycles. The molecule has 18 heavy (non-hydrogen) atoms. The Kier molecular flexibility index (Phi) is 4.05. The van der Waals surface area contributed by atoms with Gasteiger partial charge in [-0.25, -0.2) is 4.98 Å². The van der Waals surface area contributed by atoms with Crippen LogP contribution in [0.5, 0.6) is 0 Å². The molecule has 1 aliphatic rings. The number of hydrogen-bond donors (Lipinski definition) is 0. The molecule has 1 aliphatic heterocycles. The molecule has 1 aromatic heterocycles. The first-order chi connectivity index (χ1) is 8.49. The highest BCUT2D eigenvalue weighted by molar-refractivity contribution is 9.10. The van der Waals surface area contributed by atoms with Crippen LogP contribution < -0.4 is 0 Å². The van der Waals surface area contributed by atoms with Crippen molar-refractivity contribution in [1.82, 2.24) is 9.88 Å². The fraction of sp³-hybridized carbons (Fsp3) is 0.571. The summed E-state index contributed by atoms with van der Waals surface area (Å²) in [6.45, 7) is 6.25. The number of hydrogen-bond acceptors (Lipinski definition) is 2. The van der Waals surface area contributed by atoms with Crippen LogP contribution in [0.4, 0.5) is 0 Å². The minimum atomic E-state index is 0.0904. The second-order valence-corrected chi connectivity index (χ2v) is 6.40. The minimum Gasteiger partial charge on any atom is -0.339 e. The van der Waals surface area contributed by atoms with E-state index in [-0.39, 0.29) is 5.91 Å². The van der Waals surface area contributed by atoms with E-state index in [2.05, 4.69) is 34.8 Å². The van der Waals surface area contributed by atoms with Crippen molar-refractivity contribution >= 4 is 21.8 Å². The van der Waals surface area contributed by atoms with Crippen molar-refractivity contribution in [2.45, 2.75) is 33.1 Å². The summed E-state index contributed by atoms with van der Waals surface area (Å²) in [5.74, 6) is 0.0904. The van der Waals surface area contributed by atoms with Gasteiger partial charge in [0, 0.05) is 19.3 Å². The third-order valence-electron chi connectivity index (χ3n) is 3.62. The second kappa shape index (κ2) is 5.39. The molecule has 0 aliphatic carbocycles. The molecule has 0 bridgehead atoms. The molecule has 0 N–H and O–H groups in total. The molecule has 0 saturated carbocycles. The molecule has 2 heterocycles. The molecular weight excluding hydrogens is 292 g/mol. The zero-order chi connectivity index (χ0) is 13.2. The third kappa shape index (κ3) is 3.10. The number of carbonyl (C=O) groups is 1. The molecule has 0 aromatic carbocycles. The van der Waals surface area contributed by atoms with Gasteiger partial charge in [0.05, 0.1) is 5.56 Å². The van der Waals surface area contributed by atoms with E-state index in [1.165, 1.54) is 6.42 Å². The fourth-order valence-electron chi connectivity index (χ4n) is 2.34. The van der Waals surface area contributed by atoms with E-state index in [1.807, 2.05) is 11.0 Å². The van der Waals surface area contributed by atoms with Crippen LogP contribution in [0.3, 0.4) is 0 Å². The van der Waals surface area contributed by atoms with Gasteiger partial charge in [-0.2, -0.15) is 0 Å². The summed E-state index contributed by atoms with van der Waals surface area (Å²) in [6.07, 6.45) is 5.02. The normalized spacial score (nSPS) is 19.4. The largest absolute Gasteiger partial charge is 0.339 e. The number of rotatable bonds is 1. The Morgan fingerprint density at radius 1 is 1.39 bits per heavy atom. The Bertz CT molecular complexity index is 445. The maximum absolute atomic E-state index is 12.4. The van der Waals surface area contributed by atoms with Crippen molar-refractivity contribution in [3.05, 3.63) is 28.5 Å². The second-order valence-electron chi connectivity index (χ2n) is 5.65. The molecule has 0 spiro atoms. The molecule has 0 unspecified atom stereocenters. The summed E-state index contributed by atoms with van der Waals surface area (Å²) in [7, 11) is 0. The lowest BCUT2D eigenvalue weighted by Gasteiger charge is -2.23. The summed E-state index contributed by atoms with van der Waals surface area (Å²) in [5.41, 5.74) is 1.01. The van der Waals surface area contributed by atoms with Crippen molar-refractivity contribution in [1.29, 1.82) is 0 Å². The molecule has 3 nitrogen and oxygen atoms in total. The van der Waals surface area contributed by atoms with E-state index >= 15 is 0 Å². The SMILES string of the molecule is CC1(C)CCCN(C(=O)c2cccnc2Br)CC1. The van der Waals surface area contributed by atoms with Gasteiger partial charge in [0.25, 0.3) is 5.91 Å². The lowest BCUT2D eigenvalue weighted by atomic mass is 9.85. The van der Waals surface area contributed by atoms with Crippen LogP contribution in [0.25, 0.3) is 0 Å². The van der Waals surface area contributed by atoms with Crippen LogP contribution in [0.1, 0.15) is 43.5 Å². The van der Waals surface area contributed by atoms with E-state index in [0.717, 1.165) is 25.9 Å². The van der Waals surface area contributed by atoms with Crippen LogP contribution in [-0.4, -0.2) is 28.9 Å². The number of halogens is 1. The van der Waals surface area contributed by atoms with Gasteiger partial charge in [-0.1, -0.05) is 13.8 Å². The highest BCUT2D eigenvalue weighted by atomic mass is 79.9. The van der Waals surface area contributed by atoms with E-state index in [1.54, 1.807) is 12.3 Å². The predicted octanol–water partition coefficient (Wildman–Crippen LogP) is 3.50. The number of likely N-dealkylation sites (tertiary alicyclic amines) is 1. The van der Waals surface area contributed by atoms with Crippen molar-refractivity contribution in [2.24, 2.45) is 5.41 Å². The monoisotopic (exact) mass is 310 g/mol. The van der Waals surface area contributed by atoms with Gasteiger partial charge >= 0.3 is 0 Å². The maximum Gasteiger partial charge on any atom is 0.256 e. The summed E-state index contributed by atoms with van der Waals surface area (Å²) < 4.78 is 0.638. The fourth-order valence-corrected chi connectivity index (χ4v) is 2.76. The molecule has 1 fully saturated rings. The molecule has 0 atom stereocenters. The summed E-state index contributed by atoms with van der Waals surface area (Å²) in [6, 6.07) is 3.63. The number of carbonyl (C=O) groups excluding carboxylic acids is 1. The molecular formula is C14H19BrN2O. The first kappa shape index (κ1) is 13.5. The number of aromatic nitrogens is 1. The van der Waals surface area contributed by atoms with Gasteiger partial charge in [0.15, 0.2) is 0 Å². The molecule has 4 heteroatoms. The van der Waals surface area contributed by atoms with E-state index in [9.17, 15) is 4.79 Å². The van der Waals surface area contributed by atoms with E-state index in [4.69, 9.17) is 0 Å². The van der Waals surface area contributed by atoms with E-state index in [0.29, 0.717) is 15.6 Å². The molecule has 98 valence electrons. The van der Waals surface area contributed by atoms with Crippen LogP contribution >= 0.6 is 15.9 Å². The summed E-state index contributed by atoms with van der Waals surface area (Å²) >= 11 is 3.35. The quantitative estimate of drug-likeness (QED) is 0.744.